The van der Waals surface area contributed by atoms with Gasteiger partial charge in [-0.1, -0.05) is 0 Å². The Bertz CT molecular complexity index is 427. The molecule has 1 rings (SSSR count). The van der Waals surface area contributed by atoms with Gasteiger partial charge in [0.05, 0.1) is 12.7 Å². The minimum absolute atomic E-state index is 0.0770. The SMILES string of the molecule is COc1cc(C(F)F)nc(C#N)c1C=O. The standard InChI is InChI=1S/C9H6F2N2O2/c1-15-8-2-6(9(10)11)13-7(3-12)5(8)4-14/h2,4,9H,1H3. The summed E-state index contributed by atoms with van der Waals surface area (Å²) in [5.74, 6) is -0.0770. The number of halogens is 2. The summed E-state index contributed by atoms with van der Waals surface area (Å²) in [6.45, 7) is 0. The third-order valence-electron chi connectivity index (χ3n) is 1.71. The molecule has 0 fully saturated rings. The molecule has 0 aliphatic rings. The molecule has 0 radical (unpaired) electrons. The summed E-state index contributed by atoms with van der Waals surface area (Å²) in [6.07, 6.45) is -2.47. The Morgan fingerprint density at radius 2 is 2.33 bits per heavy atom. The molecule has 0 spiro atoms. The first-order valence-electron chi connectivity index (χ1n) is 3.86. The van der Waals surface area contributed by atoms with E-state index in [-0.39, 0.29) is 17.0 Å². The number of hydrogen-bond donors (Lipinski definition) is 0. The number of pyridine rings is 1. The van der Waals surface area contributed by atoms with Gasteiger partial charge in [0.2, 0.25) is 0 Å². The van der Waals surface area contributed by atoms with Crippen LogP contribution in [0.4, 0.5) is 8.78 Å². The zero-order valence-corrected chi connectivity index (χ0v) is 7.70. The van der Waals surface area contributed by atoms with Crippen LogP contribution in [0.1, 0.15) is 28.2 Å². The Morgan fingerprint density at radius 3 is 2.73 bits per heavy atom. The van der Waals surface area contributed by atoms with Crippen molar-refractivity contribution in [3.8, 4) is 11.8 Å². The first kappa shape index (κ1) is 11.0. The number of nitriles is 1. The molecule has 0 saturated carbocycles. The second-order valence-electron chi connectivity index (χ2n) is 2.54. The second-order valence-corrected chi connectivity index (χ2v) is 2.54. The lowest BCUT2D eigenvalue weighted by Crippen LogP contribution is -2.01. The van der Waals surface area contributed by atoms with Crippen molar-refractivity contribution in [1.82, 2.24) is 4.98 Å². The maximum atomic E-state index is 12.3. The highest BCUT2D eigenvalue weighted by atomic mass is 19.3. The van der Waals surface area contributed by atoms with E-state index >= 15 is 0 Å². The quantitative estimate of drug-likeness (QED) is 0.715. The summed E-state index contributed by atoms with van der Waals surface area (Å²) >= 11 is 0. The van der Waals surface area contributed by atoms with Crippen LogP contribution in [0.5, 0.6) is 5.75 Å². The third kappa shape index (κ3) is 2.07. The number of rotatable bonds is 3. The van der Waals surface area contributed by atoms with E-state index in [0.717, 1.165) is 6.07 Å². The van der Waals surface area contributed by atoms with Crippen LogP contribution in [0.15, 0.2) is 6.07 Å². The number of methoxy groups -OCH3 is 1. The number of alkyl halides is 2. The number of aromatic nitrogens is 1. The average molecular weight is 212 g/mol. The number of carbonyl (C=O) groups excluding carboxylic acids is 1. The Labute approximate surface area is 84.1 Å². The predicted octanol–water partition coefficient (Wildman–Crippen LogP) is 1.71. The van der Waals surface area contributed by atoms with Crippen LogP contribution in [0.3, 0.4) is 0 Å². The van der Waals surface area contributed by atoms with E-state index in [1.54, 1.807) is 6.07 Å². The molecule has 0 unspecified atom stereocenters. The summed E-state index contributed by atoms with van der Waals surface area (Å²) in [4.78, 5) is 13.9. The lowest BCUT2D eigenvalue weighted by molar-refractivity contribution is 0.111. The molecule has 1 aromatic heterocycles. The molecule has 0 atom stereocenters. The molecule has 0 aromatic carbocycles. The molecule has 0 amide bonds. The third-order valence-corrected chi connectivity index (χ3v) is 1.71. The van der Waals surface area contributed by atoms with Gasteiger partial charge in [0.25, 0.3) is 6.43 Å². The molecule has 1 aromatic rings. The minimum atomic E-state index is -2.81. The van der Waals surface area contributed by atoms with Crippen molar-refractivity contribution in [2.24, 2.45) is 0 Å². The van der Waals surface area contributed by atoms with Crippen LogP contribution in [0.25, 0.3) is 0 Å². The lowest BCUT2D eigenvalue weighted by Gasteiger charge is -2.07. The Hall–Kier alpha value is -2.03. The summed E-state index contributed by atoms with van der Waals surface area (Å²) in [7, 11) is 1.22. The Morgan fingerprint density at radius 1 is 1.67 bits per heavy atom. The summed E-state index contributed by atoms with van der Waals surface area (Å²) in [6, 6.07) is 2.50. The zero-order valence-electron chi connectivity index (χ0n) is 7.70. The van der Waals surface area contributed by atoms with E-state index in [4.69, 9.17) is 10.00 Å². The molecule has 78 valence electrons. The first-order chi connectivity index (χ1) is 7.13. The van der Waals surface area contributed by atoms with Crippen molar-refractivity contribution in [3.05, 3.63) is 23.0 Å². The van der Waals surface area contributed by atoms with Gasteiger partial charge in [0.15, 0.2) is 12.0 Å². The first-order valence-corrected chi connectivity index (χ1v) is 3.86. The minimum Gasteiger partial charge on any atom is -0.496 e. The van der Waals surface area contributed by atoms with Crippen molar-refractivity contribution >= 4 is 6.29 Å². The van der Waals surface area contributed by atoms with Gasteiger partial charge in [0.1, 0.15) is 17.5 Å². The van der Waals surface area contributed by atoms with Crippen LogP contribution in [-0.2, 0) is 0 Å². The van der Waals surface area contributed by atoms with Crippen molar-refractivity contribution in [3.63, 3.8) is 0 Å². The molecule has 15 heavy (non-hydrogen) atoms. The molecule has 0 aliphatic heterocycles. The molecule has 0 bridgehead atoms. The molecule has 0 saturated heterocycles. The molecule has 6 heteroatoms. The number of aldehydes is 1. The van der Waals surface area contributed by atoms with Gasteiger partial charge in [-0.05, 0) is 0 Å². The van der Waals surface area contributed by atoms with E-state index in [2.05, 4.69) is 4.98 Å². The van der Waals surface area contributed by atoms with E-state index in [9.17, 15) is 13.6 Å². The summed E-state index contributed by atoms with van der Waals surface area (Å²) in [5.41, 5.74) is -1.07. The van der Waals surface area contributed by atoms with Crippen LogP contribution in [0, 0.1) is 11.3 Å². The molecular weight excluding hydrogens is 206 g/mol. The van der Waals surface area contributed by atoms with Gasteiger partial charge < -0.3 is 4.74 Å². The lowest BCUT2D eigenvalue weighted by atomic mass is 10.1. The van der Waals surface area contributed by atoms with E-state index in [1.165, 1.54) is 7.11 Å². The van der Waals surface area contributed by atoms with Crippen molar-refractivity contribution in [2.75, 3.05) is 7.11 Å². The van der Waals surface area contributed by atoms with Crippen molar-refractivity contribution < 1.29 is 18.3 Å². The Kier molecular flexibility index (Phi) is 3.29. The summed E-state index contributed by atoms with van der Waals surface area (Å²) in [5, 5.41) is 8.60. The number of hydrogen-bond acceptors (Lipinski definition) is 4. The van der Waals surface area contributed by atoms with Crippen LogP contribution >= 0.6 is 0 Å². The van der Waals surface area contributed by atoms with E-state index in [1.807, 2.05) is 0 Å². The zero-order chi connectivity index (χ0) is 11.4. The van der Waals surface area contributed by atoms with Gasteiger partial charge in [-0.2, -0.15) is 5.26 Å². The van der Waals surface area contributed by atoms with Gasteiger partial charge in [-0.25, -0.2) is 13.8 Å². The fourth-order valence-electron chi connectivity index (χ4n) is 1.03. The second kappa shape index (κ2) is 4.46. The Balaban J connectivity index is 3.44. The van der Waals surface area contributed by atoms with Crippen LogP contribution in [-0.4, -0.2) is 18.4 Å². The fraction of sp³-hybridized carbons (Fsp3) is 0.222. The van der Waals surface area contributed by atoms with Crippen molar-refractivity contribution in [1.29, 1.82) is 5.26 Å². The van der Waals surface area contributed by atoms with Gasteiger partial charge in [-0.3, -0.25) is 4.79 Å². The van der Waals surface area contributed by atoms with Gasteiger partial charge >= 0.3 is 0 Å². The smallest absolute Gasteiger partial charge is 0.280 e. The van der Waals surface area contributed by atoms with Crippen LogP contribution in [0.2, 0.25) is 0 Å². The predicted molar refractivity (Wildman–Crippen MR) is 45.8 cm³/mol. The van der Waals surface area contributed by atoms with Crippen LogP contribution < -0.4 is 4.74 Å². The van der Waals surface area contributed by atoms with Crippen molar-refractivity contribution in [2.45, 2.75) is 6.43 Å². The monoisotopic (exact) mass is 212 g/mol. The summed E-state index contributed by atoms with van der Waals surface area (Å²) < 4.78 is 29.4. The normalized spacial score (nSPS) is 9.80. The number of ether oxygens (including phenoxy) is 1. The average Bonchev–Trinajstić information content (AvgIpc) is 2.26. The van der Waals surface area contributed by atoms with Gasteiger partial charge in [-0.15, -0.1) is 0 Å². The highest BCUT2D eigenvalue weighted by Gasteiger charge is 2.17. The highest BCUT2D eigenvalue weighted by molar-refractivity contribution is 5.82. The molecular formula is C9H6F2N2O2. The van der Waals surface area contributed by atoms with Gasteiger partial charge in [0, 0.05) is 6.07 Å². The molecule has 4 nitrogen and oxygen atoms in total. The van der Waals surface area contributed by atoms with E-state index < -0.39 is 12.1 Å². The fourth-order valence-corrected chi connectivity index (χ4v) is 1.03. The molecule has 1 heterocycles. The maximum Gasteiger partial charge on any atom is 0.280 e. The molecule has 0 aliphatic carbocycles. The topological polar surface area (TPSA) is 63.0 Å². The maximum absolute atomic E-state index is 12.3. The van der Waals surface area contributed by atoms with E-state index in [0.29, 0.717) is 6.29 Å². The highest BCUT2D eigenvalue weighted by Crippen LogP contribution is 2.25. The number of nitrogens with zero attached hydrogens (tertiary/aromatic N) is 2. The molecule has 0 N–H and O–H groups in total. The largest absolute Gasteiger partial charge is 0.496 e. The number of carbonyl (C=O) groups is 1.